The van der Waals surface area contributed by atoms with Gasteiger partial charge in [0.1, 0.15) is 11.6 Å². The Hall–Kier alpha value is -2.87. The number of hydrogen-bond donors (Lipinski definition) is 1. The van der Waals surface area contributed by atoms with Crippen LogP contribution in [0.25, 0.3) is 11.3 Å². The van der Waals surface area contributed by atoms with Crippen LogP contribution >= 0.6 is 0 Å². The molecule has 8 nitrogen and oxygen atoms in total. The zero-order valence-electron chi connectivity index (χ0n) is 20.9. The molecule has 0 spiro atoms. The second kappa shape index (κ2) is 10.6. The molecule has 2 atom stereocenters. The van der Waals surface area contributed by atoms with E-state index in [-0.39, 0.29) is 18.2 Å². The number of anilines is 1. The molecule has 8 heteroatoms. The maximum atomic E-state index is 12.1. The Balaban J connectivity index is 1.69. The molecular weight excluding hydrogens is 432 g/mol. The van der Waals surface area contributed by atoms with Gasteiger partial charge in [-0.1, -0.05) is 13.8 Å². The van der Waals surface area contributed by atoms with Gasteiger partial charge in [-0.05, 0) is 62.3 Å². The van der Waals surface area contributed by atoms with Gasteiger partial charge in [0.2, 0.25) is 0 Å². The number of nitrogens with zero attached hydrogens (tertiary/aromatic N) is 3. The molecule has 1 saturated heterocycles. The molecular formula is C26H36N4O4. The highest BCUT2D eigenvalue weighted by molar-refractivity contribution is 5.73. The highest BCUT2D eigenvalue weighted by Crippen LogP contribution is 2.37. The van der Waals surface area contributed by atoms with E-state index in [9.17, 15) is 4.79 Å². The van der Waals surface area contributed by atoms with Crippen LogP contribution in [0, 0.1) is 0 Å². The topological polar surface area (TPSA) is 85.8 Å². The average molecular weight is 469 g/mol. The highest BCUT2D eigenvalue weighted by Gasteiger charge is 2.37. The normalized spacial score (nSPS) is 19.3. The number of benzene rings is 1. The molecule has 2 heterocycles. The molecule has 1 aromatic carbocycles. The Kier molecular flexibility index (Phi) is 7.56. The molecule has 1 aromatic heterocycles. The van der Waals surface area contributed by atoms with Crippen LogP contribution in [-0.2, 0) is 35.2 Å². The van der Waals surface area contributed by atoms with Crippen LogP contribution in [-0.4, -0.2) is 67.0 Å². The van der Waals surface area contributed by atoms with Crippen LogP contribution in [0.1, 0.15) is 49.7 Å². The van der Waals surface area contributed by atoms with Crippen molar-refractivity contribution >= 4 is 11.9 Å². The van der Waals surface area contributed by atoms with E-state index in [4.69, 9.17) is 24.2 Å². The molecule has 1 aliphatic carbocycles. The van der Waals surface area contributed by atoms with Crippen LogP contribution in [0.5, 0.6) is 5.75 Å². The van der Waals surface area contributed by atoms with Crippen LogP contribution in [0.4, 0.5) is 10.6 Å². The summed E-state index contributed by atoms with van der Waals surface area (Å²) in [6, 6.07) is 4.32. The molecule has 0 saturated carbocycles. The first kappa shape index (κ1) is 24.3. The van der Waals surface area contributed by atoms with Crippen molar-refractivity contribution in [1.29, 1.82) is 0 Å². The average Bonchev–Trinajstić information content (AvgIpc) is 3.49. The van der Waals surface area contributed by atoms with E-state index in [0.29, 0.717) is 19.7 Å². The van der Waals surface area contributed by atoms with Gasteiger partial charge >= 0.3 is 6.09 Å². The Bertz CT molecular complexity index is 1040. The maximum absolute atomic E-state index is 12.1. The summed E-state index contributed by atoms with van der Waals surface area (Å²) in [6.07, 6.45) is 4.37. The molecule has 1 N–H and O–H groups in total. The molecule has 4 rings (SSSR count). The largest absolute Gasteiger partial charge is 0.496 e. The predicted octanol–water partition coefficient (Wildman–Crippen LogP) is 4.03. The SMILES string of the molecule is CCOC1CN(C(=O)OC)CC1Nc1nc(CC)c(-c2cc3c(cc2OC)CCC3)nc1CC. The molecule has 1 amide bonds. The quantitative estimate of drug-likeness (QED) is 0.626. The number of hydrogen-bond acceptors (Lipinski definition) is 7. The molecule has 1 aliphatic heterocycles. The van der Waals surface area contributed by atoms with Crippen LogP contribution in [0.15, 0.2) is 12.1 Å². The lowest BCUT2D eigenvalue weighted by atomic mass is 10.0. The molecule has 2 unspecified atom stereocenters. The Morgan fingerprint density at radius 2 is 1.79 bits per heavy atom. The van der Waals surface area contributed by atoms with Crippen molar-refractivity contribution in [3.8, 4) is 17.0 Å². The van der Waals surface area contributed by atoms with E-state index in [1.807, 2.05) is 6.92 Å². The highest BCUT2D eigenvalue weighted by atomic mass is 16.5. The Labute approximate surface area is 202 Å². The number of carbonyl (C=O) groups excluding carboxylic acids is 1. The number of rotatable bonds is 8. The minimum absolute atomic E-state index is 0.0938. The monoisotopic (exact) mass is 468 g/mol. The number of aromatic nitrogens is 2. The van der Waals surface area contributed by atoms with Gasteiger partial charge < -0.3 is 24.4 Å². The van der Waals surface area contributed by atoms with Crippen molar-refractivity contribution in [3.63, 3.8) is 0 Å². The van der Waals surface area contributed by atoms with Crippen LogP contribution < -0.4 is 10.1 Å². The third-order valence-electron chi connectivity index (χ3n) is 6.78. The minimum atomic E-state index is -0.343. The lowest BCUT2D eigenvalue weighted by Gasteiger charge is -2.22. The van der Waals surface area contributed by atoms with Gasteiger partial charge in [0.05, 0.1) is 50.0 Å². The summed E-state index contributed by atoms with van der Waals surface area (Å²) in [5.74, 6) is 1.61. The van der Waals surface area contributed by atoms with Gasteiger partial charge in [0.25, 0.3) is 0 Å². The van der Waals surface area contributed by atoms with Crippen molar-refractivity contribution in [2.75, 3.05) is 39.2 Å². The lowest BCUT2D eigenvalue weighted by molar-refractivity contribution is 0.0613. The number of fused-ring (bicyclic) bond motifs is 1. The van der Waals surface area contributed by atoms with Gasteiger partial charge in [-0.2, -0.15) is 0 Å². The molecule has 2 aliphatic rings. The van der Waals surface area contributed by atoms with Crippen molar-refractivity contribution in [1.82, 2.24) is 14.9 Å². The van der Waals surface area contributed by atoms with E-state index in [1.54, 1.807) is 12.0 Å². The summed E-state index contributed by atoms with van der Waals surface area (Å²) < 4.78 is 16.6. The number of carbonyl (C=O) groups is 1. The minimum Gasteiger partial charge on any atom is -0.496 e. The molecule has 34 heavy (non-hydrogen) atoms. The number of aryl methyl sites for hydroxylation is 4. The first-order valence-corrected chi connectivity index (χ1v) is 12.3. The van der Waals surface area contributed by atoms with E-state index < -0.39 is 0 Å². The van der Waals surface area contributed by atoms with Crippen molar-refractivity contribution in [2.24, 2.45) is 0 Å². The Morgan fingerprint density at radius 3 is 2.44 bits per heavy atom. The van der Waals surface area contributed by atoms with Crippen molar-refractivity contribution in [2.45, 2.75) is 65.0 Å². The van der Waals surface area contributed by atoms with Gasteiger partial charge in [-0.25, -0.2) is 14.8 Å². The number of ether oxygens (including phenoxy) is 3. The van der Waals surface area contributed by atoms with Gasteiger partial charge in [-0.3, -0.25) is 0 Å². The third-order valence-corrected chi connectivity index (χ3v) is 6.78. The number of likely N-dealkylation sites (tertiary alicyclic amines) is 1. The van der Waals surface area contributed by atoms with Gasteiger partial charge in [-0.15, -0.1) is 0 Å². The number of amides is 1. The standard InChI is InChI=1S/C26H36N4O4/c1-6-19-24(18-12-16-10-9-11-17(16)13-22(18)32-4)27-20(7-2)25(28-19)29-21-14-30(26(31)33-5)15-23(21)34-8-3/h12-13,21,23H,6-11,14-15H2,1-5H3,(H,28,29). The second-order valence-corrected chi connectivity index (χ2v) is 8.82. The molecule has 184 valence electrons. The van der Waals surface area contributed by atoms with Crippen molar-refractivity contribution in [3.05, 3.63) is 34.6 Å². The third kappa shape index (κ3) is 4.69. The summed E-state index contributed by atoms with van der Waals surface area (Å²) in [7, 11) is 3.12. The fourth-order valence-electron chi connectivity index (χ4n) is 5.03. The van der Waals surface area contributed by atoms with E-state index in [0.717, 1.165) is 59.9 Å². The second-order valence-electron chi connectivity index (χ2n) is 8.82. The summed E-state index contributed by atoms with van der Waals surface area (Å²) in [4.78, 5) is 23.9. The van der Waals surface area contributed by atoms with Crippen LogP contribution in [0.3, 0.4) is 0 Å². The van der Waals surface area contributed by atoms with Gasteiger partial charge in [0, 0.05) is 18.7 Å². The predicted molar refractivity (Wildman–Crippen MR) is 132 cm³/mol. The zero-order chi connectivity index (χ0) is 24.2. The van der Waals surface area contributed by atoms with Crippen molar-refractivity contribution < 1.29 is 19.0 Å². The van der Waals surface area contributed by atoms with E-state index in [2.05, 4.69) is 31.3 Å². The lowest BCUT2D eigenvalue weighted by Crippen LogP contribution is -2.35. The first-order valence-electron chi connectivity index (χ1n) is 12.3. The summed E-state index contributed by atoms with van der Waals surface area (Å²) >= 11 is 0. The molecule has 2 aromatic rings. The molecule has 1 fully saturated rings. The Morgan fingerprint density at radius 1 is 1.06 bits per heavy atom. The molecule has 0 radical (unpaired) electrons. The summed E-state index contributed by atoms with van der Waals surface area (Å²) in [6.45, 7) is 7.69. The smallest absolute Gasteiger partial charge is 0.409 e. The molecule has 0 bridgehead atoms. The van der Waals surface area contributed by atoms with Gasteiger partial charge in [0.15, 0.2) is 0 Å². The summed E-state index contributed by atoms with van der Waals surface area (Å²) in [5, 5.41) is 3.55. The van der Waals surface area contributed by atoms with E-state index in [1.165, 1.54) is 24.7 Å². The first-order chi connectivity index (χ1) is 16.5. The number of nitrogens with one attached hydrogen (secondary N) is 1. The van der Waals surface area contributed by atoms with E-state index >= 15 is 0 Å². The summed E-state index contributed by atoms with van der Waals surface area (Å²) in [5.41, 5.74) is 6.47. The fourth-order valence-corrected chi connectivity index (χ4v) is 5.03. The number of methoxy groups -OCH3 is 2. The zero-order valence-corrected chi connectivity index (χ0v) is 20.9. The van der Waals surface area contributed by atoms with Crippen LogP contribution in [0.2, 0.25) is 0 Å². The fraction of sp³-hybridized carbons (Fsp3) is 0.577. The maximum Gasteiger partial charge on any atom is 0.409 e.